The highest BCUT2D eigenvalue weighted by atomic mass is 19.1. The maximum absolute atomic E-state index is 13.1. The molecule has 5 heteroatoms. The number of carbonyl (C=O) groups excluding carboxylic acids is 1. The quantitative estimate of drug-likeness (QED) is 0.829. The number of amides is 1. The number of halogens is 1. The van der Waals surface area contributed by atoms with Crippen molar-refractivity contribution in [3.8, 4) is 0 Å². The van der Waals surface area contributed by atoms with Gasteiger partial charge in [0.05, 0.1) is 5.56 Å². The van der Waals surface area contributed by atoms with Crippen molar-refractivity contribution in [2.24, 2.45) is 0 Å². The van der Waals surface area contributed by atoms with Crippen LogP contribution in [0.4, 0.5) is 10.1 Å². The summed E-state index contributed by atoms with van der Waals surface area (Å²) in [5, 5.41) is 2.81. The first-order chi connectivity index (χ1) is 9.66. The van der Waals surface area contributed by atoms with Crippen molar-refractivity contribution < 1.29 is 9.18 Å². The van der Waals surface area contributed by atoms with E-state index in [9.17, 15) is 9.18 Å². The summed E-state index contributed by atoms with van der Waals surface area (Å²) in [5.74, 6) is -0.756. The Morgan fingerprint density at radius 1 is 1.25 bits per heavy atom. The van der Waals surface area contributed by atoms with E-state index < -0.39 is 5.82 Å². The lowest BCUT2D eigenvalue weighted by molar-refractivity contribution is 0.0949. The molecule has 1 aromatic rings. The Morgan fingerprint density at radius 2 is 1.95 bits per heavy atom. The lowest BCUT2D eigenvalue weighted by Crippen LogP contribution is -2.35. The molecule has 1 fully saturated rings. The van der Waals surface area contributed by atoms with Crippen LogP contribution < -0.4 is 11.1 Å². The molecular formula is C15H22FN3O. The third kappa shape index (κ3) is 4.20. The lowest BCUT2D eigenvalue weighted by atomic mass is 10.1. The first kappa shape index (κ1) is 14.8. The van der Waals surface area contributed by atoms with Gasteiger partial charge < -0.3 is 16.0 Å². The molecule has 2 rings (SSSR count). The summed E-state index contributed by atoms with van der Waals surface area (Å²) >= 11 is 0. The summed E-state index contributed by atoms with van der Waals surface area (Å²) in [7, 11) is 0. The molecule has 1 heterocycles. The van der Waals surface area contributed by atoms with E-state index in [0.717, 1.165) is 19.6 Å². The number of carbonyl (C=O) groups is 1. The number of nitrogens with one attached hydrogen (secondary N) is 1. The highest BCUT2D eigenvalue weighted by Crippen LogP contribution is 2.13. The molecule has 1 aliphatic rings. The van der Waals surface area contributed by atoms with Crippen LogP contribution in [-0.2, 0) is 0 Å². The van der Waals surface area contributed by atoms with Crippen LogP contribution in [0.5, 0.6) is 0 Å². The molecule has 3 N–H and O–H groups in total. The summed E-state index contributed by atoms with van der Waals surface area (Å²) in [5.41, 5.74) is 6.20. The zero-order valence-electron chi connectivity index (χ0n) is 11.7. The van der Waals surface area contributed by atoms with Crippen LogP contribution in [0, 0.1) is 5.82 Å². The zero-order valence-corrected chi connectivity index (χ0v) is 11.7. The standard InChI is InChI=1S/C15H22FN3O/c16-12-5-6-14(17)13(11-12)15(20)18-7-10-19-8-3-1-2-4-9-19/h5-6,11H,1-4,7-10,17H2,(H,18,20). The van der Waals surface area contributed by atoms with E-state index >= 15 is 0 Å². The highest BCUT2D eigenvalue weighted by molar-refractivity contribution is 5.99. The van der Waals surface area contributed by atoms with Crippen LogP contribution in [0.1, 0.15) is 36.0 Å². The van der Waals surface area contributed by atoms with Crippen LogP contribution in [0.15, 0.2) is 18.2 Å². The summed E-state index contributed by atoms with van der Waals surface area (Å²) < 4.78 is 13.1. The van der Waals surface area contributed by atoms with Crippen LogP contribution in [0.25, 0.3) is 0 Å². The van der Waals surface area contributed by atoms with E-state index in [1.165, 1.54) is 43.9 Å². The van der Waals surface area contributed by atoms with E-state index in [1.807, 2.05) is 0 Å². The highest BCUT2D eigenvalue weighted by Gasteiger charge is 2.12. The number of anilines is 1. The molecule has 110 valence electrons. The third-order valence-electron chi connectivity index (χ3n) is 3.67. The minimum absolute atomic E-state index is 0.209. The van der Waals surface area contributed by atoms with Gasteiger partial charge in [-0.25, -0.2) is 4.39 Å². The fourth-order valence-electron chi connectivity index (χ4n) is 2.51. The third-order valence-corrected chi connectivity index (χ3v) is 3.67. The number of hydrogen-bond donors (Lipinski definition) is 2. The Morgan fingerprint density at radius 3 is 2.65 bits per heavy atom. The molecule has 1 saturated heterocycles. The molecule has 0 radical (unpaired) electrons. The molecule has 0 aliphatic carbocycles. The second-order valence-electron chi connectivity index (χ2n) is 5.24. The average Bonchev–Trinajstić information content (AvgIpc) is 2.70. The predicted molar refractivity (Wildman–Crippen MR) is 78.1 cm³/mol. The summed E-state index contributed by atoms with van der Waals surface area (Å²) in [6.07, 6.45) is 5.04. The van der Waals surface area contributed by atoms with Crippen molar-refractivity contribution in [1.29, 1.82) is 0 Å². The van der Waals surface area contributed by atoms with Crippen LogP contribution in [0.3, 0.4) is 0 Å². The minimum Gasteiger partial charge on any atom is -0.398 e. The fourth-order valence-corrected chi connectivity index (χ4v) is 2.51. The van der Waals surface area contributed by atoms with Gasteiger partial charge in [0.25, 0.3) is 5.91 Å². The first-order valence-electron chi connectivity index (χ1n) is 7.22. The second-order valence-corrected chi connectivity index (χ2v) is 5.24. The van der Waals surface area contributed by atoms with Gasteiger partial charge in [0, 0.05) is 18.8 Å². The number of hydrogen-bond acceptors (Lipinski definition) is 3. The van der Waals surface area contributed by atoms with E-state index in [-0.39, 0.29) is 11.5 Å². The van der Waals surface area contributed by atoms with E-state index in [4.69, 9.17) is 5.73 Å². The number of nitrogen functional groups attached to an aromatic ring is 1. The molecule has 20 heavy (non-hydrogen) atoms. The van der Waals surface area contributed by atoms with Crippen molar-refractivity contribution in [2.75, 3.05) is 31.9 Å². The molecule has 1 aromatic carbocycles. The van der Waals surface area contributed by atoms with Gasteiger partial charge in [-0.05, 0) is 44.1 Å². The van der Waals surface area contributed by atoms with Gasteiger partial charge in [0.15, 0.2) is 0 Å². The number of rotatable bonds is 4. The van der Waals surface area contributed by atoms with Gasteiger partial charge in [-0.1, -0.05) is 12.8 Å². The molecule has 0 atom stereocenters. The van der Waals surface area contributed by atoms with Crippen molar-refractivity contribution in [1.82, 2.24) is 10.2 Å². The maximum atomic E-state index is 13.1. The molecule has 0 bridgehead atoms. The van der Waals surface area contributed by atoms with Crippen LogP contribution in [-0.4, -0.2) is 37.0 Å². The van der Waals surface area contributed by atoms with Crippen molar-refractivity contribution in [2.45, 2.75) is 25.7 Å². The van der Waals surface area contributed by atoms with Gasteiger partial charge in [0.1, 0.15) is 5.82 Å². The van der Waals surface area contributed by atoms with Gasteiger partial charge in [0.2, 0.25) is 0 Å². The van der Waals surface area contributed by atoms with Crippen molar-refractivity contribution in [3.63, 3.8) is 0 Å². The molecule has 0 aromatic heterocycles. The van der Waals surface area contributed by atoms with Gasteiger partial charge in [-0.2, -0.15) is 0 Å². The number of benzene rings is 1. The van der Waals surface area contributed by atoms with E-state index in [1.54, 1.807) is 0 Å². The van der Waals surface area contributed by atoms with Gasteiger partial charge >= 0.3 is 0 Å². The molecule has 0 spiro atoms. The Bertz CT molecular complexity index is 456. The van der Waals surface area contributed by atoms with Crippen LogP contribution >= 0.6 is 0 Å². The minimum atomic E-state index is -0.447. The van der Waals surface area contributed by atoms with Gasteiger partial charge in [-0.15, -0.1) is 0 Å². The van der Waals surface area contributed by atoms with E-state index in [0.29, 0.717) is 12.2 Å². The summed E-state index contributed by atoms with van der Waals surface area (Å²) in [6, 6.07) is 3.85. The Balaban J connectivity index is 1.81. The average molecular weight is 279 g/mol. The number of nitrogens with zero attached hydrogens (tertiary/aromatic N) is 1. The normalized spacial score (nSPS) is 16.6. The topological polar surface area (TPSA) is 58.4 Å². The Labute approximate surface area is 119 Å². The van der Waals surface area contributed by atoms with E-state index in [2.05, 4.69) is 10.2 Å². The van der Waals surface area contributed by atoms with Crippen LogP contribution in [0.2, 0.25) is 0 Å². The zero-order chi connectivity index (χ0) is 14.4. The predicted octanol–water partition coefficient (Wildman–Crippen LogP) is 2.01. The molecule has 0 unspecified atom stereocenters. The molecule has 1 amide bonds. The van der Waals surface area contributed by atoms with Crippen molar-refractivity contribution in [3.05, 3.63) is 29.6 Å². The molecule has 1 aliphatic heterocycles. The first-order valence-corrected chi connectivity index (χ1v) is 7.22. The molecular weight excluding hydrogens is 257 g/mol. The largest absolute Gasteiger partial charge is 0.398 e. The Hall–Kier alpha value is -1.62. The second kappa shape index (κ2) is 7.24. The Kier molecular flexibility index (Phi) is 5.35. The SMILES string of the molecule is Nc1ccc(F)cc1C(=O)NCCN1CCCCCC1. The van der Waals surface area contributed by atoms with Crippen molar-refractivity contribution >= 4 is 11.6 Å². The number of nitrogens with two attached hydrogens (primary N) is 1. The summed E-state index contributed by atoms with van der Waals surface area (Å²) in [6.45, 7) is 3.59. The number of likely N-dealkylation sites (tertiary alicyclic amines) is 1. The maximum Gasteiger partial charge on any atom is 0.253 e. The monoisotopic (exact) mass is 279 g/mol. The fraction of sp³-hybridized carbons (Fsp3) is 0.533. The van der Waals surface area contributed by atoms with Gasteiger partial charge in [-0.3, -0.25) is 4.79 Å². The lowest BCUT2D eigenvalue weighted by Gasteiger charge is -2.19. The smallest absolute Gasteiger partial charge is 0.253 e. The molecule has 0 saturated carbocycles. The summed E-state index contributed by atoms with van der Waals surface area (Å²) in [4.78, 5) is 14.3. The molecule has 4 nitrogen and oxygen atoms in total.